The van der Waals surface area contributed by atoms with Gasteiger partial charge in [-0.05, 0) is 22.9 Å². The van der Waals surface area contributed by atoms with E-state index in [0.29, 0.717) is 0 Å². The van der Waals surface area contributed by atoms with Gasteiger partial charge in [0.1, 0.15) is 11.5 Å². The smallest absolute Gasteiger partial charge is 0.166 e. The maximum Gasteiger partial charge on any atom is 0.166 e. The Hall–Kier alpha value is -1.10. The molecule has 0 radical (unpaired) electrons. The van der Waals surface area contributed by atoms with Gasteiger partial charge in [-0.3, -0.25) is 4.79 Å². The van der Waals surface area contributed by atoms with Crippen LogP contribution in [0.2, 0.25) is 0 Å². The number of benzene rings is 1. The molecule has 0 aliphatic carbocycles. The Morgan fingerprint density at radius 3 is 2.64 bits per heavy atom. The monoisotopic (exact) mass is 262 g/mol. The van der Waals surface area contributed by atoms with Crippen molar-refractivity contribution in [3.63, 3.8) is 0 Å². The van der Waals surface area contributed by atoms with Gasteiger partial charge in [0.25, 0.3) is 0 Å². The van der Waals surface area contributed by atoms with E-state index >= 15 is 0 Å². The second-order valence-corrected chi connectivity index (χ2v) is 3.45. The number of aromatic hydroxyl groups is 1. The first-order valence-electron chi connectivity index (χ1n) is 3.75. The van der Waals surface area contributed by atoms with Crippen LogP contribution in [0.3, 0.4) is 0 Å². The predicted molar refractivity (Wildman–Crippen MR) is 52.3 cm³/mol. The minimum atomic E-state index is -0.811. The van der Waals surface area contributed by atoms with Crippen molar-refractivity contribution >= 4 is 21.7 Å². The summed E-state index contributed by atoms with van der Waals surface area (Å²) >= 11 is 2.93. The molecule has 1 aromatic carbocycles. The van der Waals surface area contributed by atoms with Gasteiger partial charge in [0.05, 0.1) is 17.1 Å². The molecule has 0 aromatic heterocycles. The number of methoxy groups -OCH3 is 1. The molecule has 5 heteroatoms. The molecule has 1 N–H and O–H groups in total. The molecule has 0 aliphatic rings. The first-order chi connectivity index (χ1) is 6.49. The molecular weight excluding hydrogens is 255 g/mol. The first kappa shape index (κ1) is 11.0. The standard InChI is InChI=1S/C9H8BrFO3/c1-4(12)7-5(13)3-6(14-2)8(10)9(7)11/h3,13H,1-2H3. The van der Waals surface area contributed by atoms with E-state index in [1.807, 2.05) is 0 Å². The number of ether oxygens (including phenoxy) is 1. The summed E-state index contributed by atoms with van der Waals surface area (Å²) < 4.78 is 18.3. The van der Waals surface area contributed by atoms with Gasteiger partial charge in [-0.15, -0.1) is 0 Å². The highest BCUT2D eigenvalue weighted by Crippen LogP contribution is 2.35. The average molecular weight is 263 g/mol. The minimum Gasteiger partial charge on any atom is -0.507 e. The summed E-state index contributed by atoms with van der Waals surface area (Å²) in [5.74, 6) is -1.63. The van der Waals surface area contributed by atoms with E-state index in [1.165, 1.54) is 20.1 Å². The van der Waals surface area contributed by atoms with Gasteiger partial charge in [-0.1, -0.05) is 0 Å². The molecule has 76 valence electrons. The lowest BCUT2D eigenvalue weighted by molar-refractivity contribution is 0.101. The number of ketones is 1. The summed E-state index contributed by atoms with van der Waals surface area (Å²) in [6, 6.07) is 1.18. The van der Waals surface area contributed by atoms with Crippen molar-refractivity contribution in [3.05, 3.63) is 21.9 Å². The molecule has 1 rings (SSSR count). The molecule has 14 heavy (non-hydrogen) atoms. The molecule has 0 amide bonds. The molecule has 0 unspecified atom stereocenters. The molecule has 0 saturated heterocycles. The Bertz CT molecular complexity index is 390. The van der Waals surface area contributed by atoms with E-state index in [9.17, 15) is 14.3 Å². The summed E-state index contributed by atoms with van der Waals surface area (Å²) in [4.78, 5) is 11.0. The van der Waals surface area contributed by atoms with Gasteiger partial charge in [0.15, 0.2) is 11.6 Å². The lowest BCUT2D eigenvalue weighted by Crippen LogP contribution is -2.00. The minimum absolute atomic E-state index is 0.0306. The topological polar surface area (TPSA) is 46.5 Å². The highest BCUT2D eigenvalue weighted by molar-refractivity contribution is 9.10. The number of carbonyl (C=O) groups is 1. The van der Waals surface area contributed by atoms with E-state index in [-0.39, 0.29) is 15.8 Å². The zero-order valence-corrected chi connectivity index (χ0v) is 9.18. The third-order valence-corrected chi connectivity index (χ3v) is 2.46. The molecule has 0 fully saturated rings. The maximum atomic E-state index is 13.5. The van der Waals surface area contributed by atoms with E-state index in [0.717, 1.165) is 0 Å². The summed E-state index contributed by atoms with van der Waals surface area (Å²) in [5, 5.41) is 9.34. The van der Waals surface area contributed by atoms with Crippen molar-refractivity contribution in [3.8, 4) is 11.5 Å². The molecule has 0 bridgehead atoms. The molecule has 0 spiro atoms. The molecule has 0 atom stereocenters. The van der Waals surface area contributed by atoms with Crippen LogP contribution >= 0.6 is 15.9 Å². The van der Waals surface area contributed by atoms with Crippen molar-refractivity contribution in [2.45, 2.75) is 6.92 Å². The summed E-state index contributed by atoms with van der Waals surface area (Å²) in [6.07, 6.45) is 0. The van der Waals surface area contributed by atoms with Crippen LogP contribution in [-0.2, 0) is 0 Å². The maximum absolute atomic E-state index is 13.5. The number of hydrogen-bond donors (Lipinski definition) is 1. The quantitative estimate of drug-likeness (QED) is 0.834. The molecule has 0 aliphatic heterocycles. The summed E-state index contributed by atoms with van der Waals surface area (Å²) in [7, 11) is 1.34. The van der Waals surface area contributed by atoms with Crippen molar-refractivity contribution in [1.82, 2.24) is 0 Å². The zero-order valence-electron chi connectivity index (χ0n) is 7.60. The van der Waals surface area contributed by atoms with Crippen LogP contribution in [0.4, 0.5) is 4.39 Å². The zero-order chi connectivity index (χ0) is 10.9. The van der Waals surface area contributed by atoms with Gasteiger partial charge in [0, 0.05) is 6.07 Å². The summed E-state index contributed by atoms with van der Waals surface area (Å²) in [6.45, 7) is 1.18. The number of halogens is 2. The molecular formula is C9H8BrFO3. The molecule has 0 heterocycles. The second-order valence-electron chi connectivity index (χ2n) is 2.66. The van der Waals surface area contributed by atoms with Crippen molar-refractivity contribution in [2.24, 2.45) is 0 Å². The van der Waals surface area contributed by atoms with Crippen LogP contribution in [-0.4, -0.2) is 18.0 Å². The number of phenolic OH excluding ortho intramolecular Hbond substituents is 1. The van der Waals surface area contributed by atoms with Gasteiger partial charge >= 0.3 is 0 Å². The first-order valence-corrected chi connectivity index (χ1v) is 4.54. The third-order valence-electron chi connectivity index (χ3n) is 1.72. The van der Waals surface area contributed by atoms with Gasteiger partial charge < -0.3 is 9.84 Å². The largest absolute Gasteiger partial charge is 0.507 e. The second kappa shape index (κ2) is 3.96. The lowest BCUT2D eigenvalue weighted by atomic mass is 10.1. The Kier molecular flexibility index (Phi) is 3.10. The van der Waals surface area contributed by atoms with Gasteiger partial charge in [-0.25, -0.2) is 4.39 Å². The van der Waals surface area contributed by atoms with Crippen molar-refractivity contribution < 1.29 is 19.0 Å². The van der Waals surface area contributed by atoms with Gasteiger partial charge in [-0.2, -0.15) is 0 Å². The Labute approximate surface area is 88.6 Å². The Morgan fingerprint density at radius 2 is 2.21 bits per heavy atom. The lowest BCUT2D eigenvalue weighted by Gasteiger charge is -2.08. The molecule has 0 saturated carbocycles. The van der Waals surface area contributed by atoms with E-state index < -0.39 is 17.3 Å². The number of phenols is 1. The Balaban J connectivity index is 3.49. The fourth-order valence-corrected chi connectivity index (χ4v) is 1.55. The van der Waals surface area contributed by atoms with Gasteiger partial charge in [0.2, 0.25) is 0 Å². The van der Waals surface area contributed by atoms with Crippen molar-refractivity contribution in [1.29, 1.82) is 0 Å². The number of hydrogen-bond acceptors (Lipinski definition) is 3. The number of carbonyl (C=O) groups excluding carboxylic acids is 1. The fraction of sp³-hybridized carbons (Fsp3) is 0.222. The van der Waals surface area contributed by atoms with E-state index in [4.69, 9.17) is 4.74 Å². The van der Waals surface area contributed by atoms with Crippen molar-refractivity contribution in [2.75, 3.05) is 7.11 Å². The van der Waals surface area contributed by atoms with Crippen LogP contribution in [0.25, 0.3) is 0 Å². The molecule has 1 aromatic rings. The van der Waals surface area contributed by atoms with Crippen LogP contribution in [0.5, 0.6) is 11.5 Å². The van der Waals surface area contributed by atoms with E-state index in [1.54, 1.807) is 0 Å². The van der Waals surface area contributed by atoms with Crippen LogP contribution in [0, 0.1) is 5.82 Å². The van der Waals surface area contributed by atoms with E-state index in [2.05, 4.69) is 15.9 Å². The van der Waals surface area contributed by atoms with Crippen LogP contribution in [0.1, 0.15) is 17.3 Å². The highest BCUT2D eigenvalue weighted by Gasteiger charge is 2.19. The highest BCUT2D eigenvalue weighted by atomic mass is 79.9. The Morgan fingerprint density at radius 1 is 1.64 bits per heavy atom. The summed E-state index contributed by atoms with van der Waals surface area (Å²) in [5.41, 5.74) is -0.335. The number of rotatable bonds is 2. The third kappa shape index (κ3) is 1.72. The van der Waals surface area contributed by atoms with Crippen LogP contribution < -0.4 is 4.74 Å². The normalized spacial score (nSPS) is 10.0. The fourth-order valence-electron chi connectivity index (χ4n) is 1.07. The van der Waals surface area contributed by atoms with Crippen LogP contribution in [0.15, 0.2) is 10.5 Å². The molecule has 3 nitrogen and oxygen atoms in total. The number of Topliss-reactive ketones (excluding diaryl/α,β-unsaturated/α-hetero) is 1. The predicted octanol–water partition coefficient (Wildman–Crippen LogP) is 2.51. The SMILES string of the molecule is COc1cc(O)c(C(C)=O)c(F)c1Br. The average Bonchev–Trinajstić information content (AvgIpc) is 2.10.